The molecule has 0 saturated carbocycles. The summed E-state index contributed by atoms with van der Waals surface area (Å²) in [6, 6.07) is 0.0861. The molecule has 0 aromatic rings. The van der Waals surface area contributed by atoms with Gasteiger partial charge in [0.1, 0.15) is 0 Å². The molecule has 0 aromatic carbocycles. The Morgan fingerprint density at radius 2 is 2.44 bits per heavy atom. The van der Waals surface area contributed by atoms with E-state index in [-0.39, 0.29) is 23.9 Å². The fourth-order valence-corrected chi connectivity index (χ4v) is 1.98. The van der Waals surface area contributed by atoms with Gasteiger partial charge in [0.25, 0.3) is 0 Å². The van der Waals surface area contributed by atoms with Gasteiger partial charge in [-0.3, -0.25) is 19.9 Å². The van der Waals surface area contributed by atoms with Crippen molar-refractivity contribution < 1.29 is 9.59 Å². The van der Waals surface area contributed by atoms with Crippen molar-refractivity contribution in [1.82, 2.24) is 15.6 Å². The zero-order chi connectivity index (χ0) is 12.1. The Kier molecular flexibility index (Phi) is 4.70. The van der Waals surface area contributed by atoms with Crippen LogP contribution in [0.15, 0.2) is 0 Å². The van der Waals surface area contributed by atoms with Crippen molar-refractivity contribution in [3.63, 3.8) is 0 Å². The first kappa shape index (κ1) is 12.9. The second kappa shape index (κ2) is 5.81. The second-order valence-electron chi connectivity index (χ2n) is 4.16. The summed E-state index contributed by atoms with van der Waals surface area (Å²) in [6.07, 6.45) is 1.10. The van der Waals surface area contributed by atoms with Gasteiger partial charge >= 0.3 is 0 Å². The monoisotopic (exact) mass is 228 g/mol. The Morgan fingerprint density at radius 1 is 1.75 bits per heavy atom. The summed E-state index contributed by atoms with van der Waals surface area (Å²) in [6.45, 7) is 5.42. The largest absolute Gasteiger partial charge is 0.353 e. The summed E-state index contributed by atoms with van der Waals surface area (Å²) >= 11 is 0. The van der Waals surface area contributed by atoms with Crippen molar-refractivity contribution in [3.05, 3.63) is 0 Å². The third kappa shape index (κ3) is 3.18. The molecule has 16 heavy (non-hydrogen) atoms. The molecular formula is C10H20N4O2. The number of nitrogens with two attached hydrogens (primary N) is 1. The molecule has 0 spiro atoms. The number of hydrazine groups is 1. The van der Waals surface area contributed by atoms with Gasteiger partial charge in [0.05, 0.1) is 6.04 Å². The molecule has 1 saturated heterocycles. The number of amides is 2. The molecule has 1 rings (SSSR count). The number of nitrogens with zero attached hydrogens (tertiary/aromatic N) is 1. The number of nitrogens with one attached hydrogen (secondary N) is 2. The molecule has 4 N–H and O–H groups in total. The highest BCUT2D eigenvalue weighted by molar-refractivity contribution is 5.82. The van der Waals surface area contributed by atoms with Gasteiger partial charge in [-0.25, -0.2) is 5.84 Å². The topological polar surface area (TPSA) is 87.5 Å². The summed E-state index contributed by atoms with van der Waals surface area (Å²) < 4.78 is 0. The molecule has 2 amide bonds. The van der Waals surface area contributed by atoms with Crippen molar-refractivity contribution in [1.29, 1.82) is 0 Å². The van der Waals surface area contributed by atoms with Gasteiger partial charge in [0, 0.05) is 25.6 Å². The summed E-state index contributed by atoms with van der Waals surface area (Å²) in [5, 5.41) is 2.81. The highest BCUT2D eigenvalue weighted by atomic mass is 16.2. The van der Waals surface area contributed by atoms with Crippen molar-refractivity contribution in [2.24, 2.45) is 5.84 Å². The summed E-state index contributed by atoms with van der Waals surface area (Å²) in [4.78, 5) is 24.6. The van der Waals surface area contributed by atoms with Crippen LogP contribution in [0.3, 0.4) is 0 Å². The first-order valence-corrected chi connectivity index (χ1v) is 5.59. The highest BCUT2D eigenvalue weighted by Gasteiger charge is 2.28. The molecular weight excluding hydrogens is 208 g/mol. The van der Waals surface area contributed by atoms with Crippen LogP contribution in [0.25, 0.3) is 0 Å². The van der Waals surface area contributed by atoms with E-state index in [0.29, 0.717) is 19.4 Å². The Hall–Kier alpha value is -1.14. The zero-order valence-corrected chi connectivity index (χ0v) is 9.82. The molecule has 1 fully saturated rings. The molecule has 92 valence electrons. The average molecular weight is 228 g/mol. The van der Waals surface area contributed by atoms with E-state index in [2.05, 4.69) is 15.6 Å². The number of hydrogen-bond acceptors (Lipinski definition) is 4. The van der Waals surface area contributed by atoms with E-state index in [1.807, 2.05) is 13.8 Å². The molecule has 0 bridgehead atoms. The predicted octanol–water partition coefficient (Wildman–Crippen LogP) is -1.03. The van der Waals surface area contributed by atoms with Crippen LogP contribution >= 0.6 is 0 Å². The minimum Gasteiger partial charge on any atom is -0.353 e. The molecule has 1 heterocycles. The van der Waals surface area contributed by atoms with Gasteiger partial charge < -0.3 is 5.32 Å². The summed E-state index contributed by atoms with van der Waals surface area (Å²) in [7, 11) is 0. The van der Waals surface area contributed by atoms with Crippen LogP contribution in [0.1, 0.15) is 26.7 Å². The maximum Gasteiger partial charge on any atom is 0.237 e. The SMILES string of the molecule is CC(CCC(=O)NN)N1CCNC(=O)C1C. The number of carbonyl (C=O) groups excluding carboxylic acids is 2. The molecule has 0 aromatic heterocycles. The van der Waals surface area contributed by atoms with Crippen molar-refractivity contribution >= 4 is 11.8 Å². The van der Waals surface area contributed by atoms with E-state index in [1.165, 1.54) is 0 Å². The van der Waals surface area contributed by atoms with E-state index >= 15 is 0 Å². The Morgan fingerprint density at radius 3 is 3.06 bits per heavy atom. The fourth-order valence-electron chi connectivity index (χ4n) is 1.98. The van der Waals surface area contributed by atoms with Crippen LogP contribution < -0.4 is 16.6 Å². The zero-order valence-electron chi connectivity index (χ0n) is 9.82. The average Bonchev–Trinajstić information content (AvgIpc) is 2.29. The van der Waals surface area contributed by atoms with Gasteiger partial charge in [0.2, 0.25) is 11.8 Å². The van der Waals surface area contributed by atoms with Gasteiger partial charge in [-0.15, -0.1) is 0 Å². The molecule has 2 atom stereocenters. The lowest BCUT2D eigenvalue weighted by Crippen LogP contribution is -2.56. The summed E-state index contributed by atoms with van der Waals surface area (Å²) in [5.41, 5.74) is 2.11. The Balaban J connectivity index is 2.43. The van der Waals surface area contributed by atoms with Gasteiger partial charge in [-0.05, 0) is 20.3 Å². The Bertz CT molecular complexity index is 270. The molecule has 0 radical (unpaired) electrons. The van der Waals surface area contributed by atoms with Gasteiger partial charge in [-0.1, -0.05) is 0 Å². The molecule has 6 heteroatoms. The van der Waals surface area contributed by atoms with E-state index in [0.717, 1.165) is 6.54 Å². The second-order valence-corrected chi connectivity index (χ2v) is 4.16. The quantitative estimate of drug-likeness (QED) is 0.326. The first-order chi connectivity index (χ1) is 7.56. The van der Waals surface area contributed by atoms with Crippen LogP contribution in [0.2, 0.25) is 0 Å². The minimum atomic E-state index is -0.166. The standard InChI is InChI=1S/C10H20N4O2/c1-7(3-4-9(15)13-11)14-6-5-12-10(16)8(14)2/h7-8H,3-6,11H2,1-2H3,(H,12,16)(H,13,15). The van der Waals surface area contributed by atoms with Crippen LogP contribution in [0, 0.1) is 0 Å². The first-order valence-electron chi connectivity index (χ1n) is 5.59. The van der Waals surface area contributed by atoms with Gasteiger partial charge in [0.15, 0.2) is 0 Å². The van der Waals surface area contributed by atoms with Gasteiger partial charge in [-0.2, -0.15) is 0 Å². The minimum absolute atomic E-state index is 0.0568. The number of hydrogen-bond donors (Lipinski definition) is 3. The van der Waals surface area contributed by atoms with Crippen LogP contribution in [0.5, 0.6) is 0 Å². The van der Waals surface area contributed by atoms with Crippen LogP contribution in [-0.4, -0.2) is 41.9 Å². The smallest absolute Gasteiger partial charge is 0.237 e. The van der Waals surface area contributed by atoms with Crippen molar-refractivity contribution in [2.45, 2.75) is 38.8 Å². The van der Waals surface area contributed by atoms with E-state index in [9.17, 15) is 9.59 Å². The van der Waals surface area contributed by atoms with E-state index in [1.54, 1.807) is 0 Å². The lowest BCUT2D eigenvalue weighted by molar-refractivity contribution is -0.129. The third-order valence-corrected chi connectivity index (χ3v) is 3.06. The Labute approximate surface area is 95.5 Å². The maximum absolute atomic E-state index is 11.5. The van der Waals surface area contributed by atoms with E-state index < -0.39 is 0 Å². The molecule has 1 aliphatic rings. The molecule has 0 aliphatic carbocycles. The number of carbonyl (C=O) groups is 2. The predicted molar refractivity (Wildman–Crippen MR) is 60.2 cm³/mol. The number of rotatable bonds is 4. The number of piperazine rings is 1. The highest BCUT2D eigenvalue weighted by Crippen LogP contribution is 2.13. The van der Waals surface area contributed by atoms with E-state index in [4.69, 9.17) is 5.84 Å². The fraction of sp³-hybridized carbons (Fsp3) is 0.800. The van der Waals surface area contributed by atoms with Crippen molar-refractivity contribution in [2.75, 3.05) is 13.1 Å². The lowest BCUT2D eigenvalue weighted by atomic mass is 10.1. The summed E-state index contributed by atoms with van der Waals surface area (Å²) in [5.74, 6) is 4.90. The lowest BCUT2D eigenvalue weighted by Gasteiger charge is -2.37. The molecule has 2 unspecified atom stereocenters. The molecule has 6 nitrogen and oxygen atoms in total. The van der Waals surface area contributed by atoms with Crippen LogP contribution in [0.4, 0.5) is 0 Å². The third-order valence-electron chi connectivity index (χ3n) is 3.06. The molecule has 1 aliphatic heterocycles. The maximum atomic E-state index is 11.5. The van der Waals surface area contributed by atoms with Crippen LogP contribution in [-0.2, 0) is 9.59 Å². The normalized spacial score (nSPS) is 23.7. The van der Waals surface area contributed by atoms with Crippen molar-refractivity contribution in [3.8, 4) is 0 Å².